The van der Waals surface area contributed by atoms with E-state index in [0.29, 0.717) is 21.9 Å². The van der Waals surface area contributed by atoms with Crippen molar-refractivity contribution in [1.82, 2.24) is 15.1 Å². The molecule has 0 aliphatic heterocycles. The predicted molar refractivity (Wildman–Crippen MR) is 103 cm³/mol. The molecule has 142 valence electrons. The molecule has 0 spiro atoms. The van der Waals surface area contributed by atoms with Gasteiger partial charge in [-0.1, -0.05) is 23.4 Å². The number of nitrogens with zero attached hydrogens (tertiary/aromatic N) is 3. The molecule has 1 aromatic heterocycles. The maximum atomic E-state index is 12.7. The van der Waals surface area contributed by atoms with Crippen LogP contribution in [0.15, 0.2) is 33.9 Å². The van der Waals surface area contributed by atoms with Gasteiger partial charge < -0.3 is 14.1 Å². The lowest BCUT2D eigenvalue weighted by atomic mass is 10.2. The first-order valence-electron chi connectivity index (χ1n) is 8.47. The summed E-state index contributed by atoms with van der Waals surface area (Å²) in [7, 11) is 0. The van der Waals surface area contributed by atoms with Gasteiger partial charge in [-0.15, -0.1) is 10.2 Å². The third-order valence-electron chi connectivity index (χ3n) is 3.62. The first-order chi connectivity index (χ1) is 12.3. The lowest BCUT2D eigenvalue weighted by Crippen LogP contribution is -2.45. The van der Waals surface area contributed by atoms with Gasteiger partial charge in [0.15, 0.2) is 6.61 Å². The van der Waals surface area contributed by atoms with E-state index >= 15 is 0 Å². The quantitative estimate of drug-likeness (QED) is 0.614. The van der Waals surface area contributed by atoms with Gasteiger partial charge in [0, 0.05) is 17.1 Å². The summed E-state index contributed by atoms with van der Waals surface area (Å²) in [5.74, 6) is 1.07. The van der Waals surface area contributed by atoms with E-state index < -0.39 is 0 Å². The Bertz CT molecular complexity index is 711. The van der Waals surface area contributed by atoms with Crippen molar-refractivity contribution in [2.75, 3.05) is 0 Å². The van der Waals surface area contributed by atoms with E-state index in [1.54, 1.807) is 24.3 Å². The highest BCUT2D eigenvalue weighted by Crippen LogP contribution is 2.25. The number of carbonyl (C=O) groups excluding carboxylic acids is 1. The van der Waals surface area contributed by atoms with Crippen molar-refractivity contribution in [1.29, 1.82) is 0 Å². The maximum absolute atomic E-state index is 12.7. The zero-order chi connectivity index (χ0) is 19.3. The third-order valence-corrected chi connectivity index (χ3v) is 4.79. The summed E-state index contributed by atoms with van der Waals surface area (Å²) in [6.07, 6.45) is 0. The molecule has 1 heterocycles. The van der Waals surface area contributed by atoms with Crippen molar-refractivity contribution in [3.63, 3.8) is 0 Å². The second kappa shape index (κ2) is 9.28. The van der Waals surface area contributed by atoms with Crippen LogP contribution >= 0.6 is 23.4 Å². The van der Waals surface area contributed by atoms with E-state index in [2.05, 4.69) is 10.2 Å². The Morgan fingerprint density at radius 1 is 1.15 bits per heavy atom. The molecule has 0 fully saturated rings. The molecule has 0 aliphatic carbocycles. The molecule has 0 bridgehead atoms. The number of hydrogen-bond acceptors (Lipinski definition) is 6. The fourth-order valence-electron chi connectivity index (χ4n) is 2.54. The molecule has 0 radical (unpaired) electrons. The summed E-state index contributed by atoms with van der Waals surface area (Å²) >= 11 is 7.09. The van der Waals surface area contributed by atoms with Gasteiger partial charge in [0.05, 0.1) is 5.25 Å². The topological polar surface area (TPSA) is 68.5 Å². The van der Waals surface area contributed by atoms with Crippen LogP contribution < -0.4 is 4.74 Å². The van der Waals surface area contributed by atoms with E-state index in [4.69, 9.17) is 20.8 Å². The Kier molecular flexibility index (Phi) is 7.34. The molecular weight excluding hydrogens is 374 g/mol. The van der Waals surface area contributed by atoms with E-state index in [0.717, 1.165) is 0 Å². The van der Waals surface area contributed by atoms with Gasteiger partial charge in [0.2, 0.25) is 5.91 Å². The monoisotopic (exact) mass is 397 g/mol. The number of benzene rings is 1. The van der Waals surface area contributed by atoms with Crippen molar-refractivity contribution in [2.24, 2.45) is 0 Å². The number of hydrogen-bond donors (Lipinski definition) is 0. The van der Waals surface area contributed by atoms with Crippen LogP contribution in [0.3, 0.4) is 0 Å². The number of ether oxygens (including phenoxy) is 1. The van der Waals surface area contributed by atoms with Crippen molar-refractivity contribution in [2.45, 2.75) is 63.8 Å². The van der Waals surface area contributed by atoms with E-state index in [1.165, 1.54) is 11.8 Å². The third kappa shape index (κ3) is 5.64. The Morgan fingerprint density at radius 2 is 1.77 bits per heavy atom. The fraction of sp³-hybridized carbons (Fsp3) is 0.500. The number of amides is 1. The van der Waals surface area contributed by atoms with Gasteiger partial charge in [0.1, 0.15) is 5.75 Å². The summed E-state index contributed by atoms with van der Waals surface area (Å²) < 4.78 is 11.1. The lowest BCUT2D eigenvalue weighted by Gasteiger charge is -2.32. The van der Waals surface area contributed by atoms with Gasteiger partial charge in [-0.3, -0.25) is 4.79 Å². The highest BCUT2D eigenvalue weighted by molar-refractivity contribution is 8.00. The number of aromatic nitrogens is 2. The predicted octanol–water partition coefficient (Wildman–Crippen LogP) is 4.43. The van der Waals surface area contributed by atoms with Gasteiger partial charge in [-0.05, 0) is 58.9 Å². The van der Waals surface area contributed by atoms with Gasteiger partial charge >= 0.3 is 0 Å². The van der Waals surface area contributed by atoms with Crippen LogP contribution in [0.4, 0.5) is 0 Å². The summed E-state index contributed by atoms with van der Waals surface area (Å²) in [6, 6.07) is 7.29. The molecule has 1 aromatic carbocycles. The Labute approximate surface area is 163 Å². The molecule has 1 atom stereocenters. The SMILES string of the molecule is CC(Sc1nnc(COc2ccc(Cl)cc2)o1)C(=O)N(C(C)C)C(C)C. The highest BCUT2D eigenvalue weighted by atomic mass is 35.5. The fourth-order valence-corrected chi connectivity index (χ4v) is 3.42. The zero-order valence-electron chi connectivity index (χ0n) is 15.6. The van der Waals surface area contributed by atoms with Crippen molar-refractivity contribution < 1.29 is 13.9 Å². The number of rotatable bonds is 8. The minimum Gasteiger partial charge on any atom is -0.484 e. The molecule has 26 heavy (non-hydrogen) atoms. The summed E-state index contributed by atoms with van der Waals surface area (Å²) in [5, 5.41) is 8.63. The normalized spacial score (nSPS) is 12.5. The van der Waals surface area contributed by atoms with Gasteiger partial charge in [0.25, 0.3) is 11.1 Å². The number of carbonyl (C=O) groups is 1. The molecule has 0 aliphatic rings. The molecule has 6 nitrogen and oxygen atoms in total. The van der Waals surface area contributed by atoms with E-state index in [1.807, 2.05) is 39.5 Å². The first-order valence-corrected chi connectivity index (χ1v) is 9.73. The smallest absolute Gasteiger partial charge is 0.277 e. The molecule has 2 aromatic rings. The second-order valence-corrected chi connectivity index (χ2v) is 8.13. The van der Waals surface area contributed by atoms with Crippen LogP contribution in [0.25, 0.3) is 0 Å². The van der Waals surface area contributed by atoms with Gasteiger partial charge in [-0.2, -0.15) is 0 Å². The zero-order valence-corrected chi connectivity index (χ0v) is 17.2. The molecule has 0 saturated carbocycles. The Balaban J connectivity index is 1.92. The minimum atomic E-state index is -0.315. The number of thioether (sulfide) groups is 1. The van der Waals surface area contributed by atoms with E-state index in [-0.39, 0.29) is 29.8 Å². The number of halogens is 1. The van der Waals surface area contributed by atoms with Crippen molar-refractivity contribution in [3.05, 3.63) is 35.2 Å². The first kappa shape index (κ1) is 20.6. The van der Waals surface area contributed by atoms with Crippen molar-refractivity contribution in [3.8, 4) is 5.75 Å². The summed E-state index contributed by atoms with van der Waals surface area (Å²) in [4.78, 5) is 14.5. The van der Waals surface area contributed by atoms with Crippen LogP contribution in [-0.4, -0.2) is 38.3 Å². The standard InChI is InChI=1S/C18H24ClN3O3S/c1-11(2)22(12(3)4)17(23)13(5)26-18-21-20-16(25-18)10-24-15-8-6-14(19)7-9-15/h6-9,11-13H,10H2,1-5H3. The van der Waals surface area contributed by atoms with E-state index in [9.17, 15) is 4.79 Å². The Hall–Kier alpha value is -1.73. The van der Waals surface area contributed by atoms with Gasteiger partial charge in [-0.25, -0.2) is 0 Å². The molecule has 2 rings (SSSR count). The Morgan fingerprint density at radius 3 is 2.35 bits per heavy atom. The molecule has 1 unspecified atom stereocenters. The average Bonchev–Trinajstić information content (AvgIpc) is 3.01. The second-order valence-electron chi connectivity index (χ2n) is 6.40. The maximum Gasteiger partial charge on any atom is 0.277 e. The molecule has 0 N–H and O–H groups in total. The largest absolute Gasteiger partial charge is 0.484 e. The van der Waals surface area contributed by atoms with Crippen LogP contribution in [-0.2, 0) is 11.4 Å². The summed E-state index contributed by atoms with van der Waals surface area (Å²) in [5.41, 5.74) is 0. The molecule has 8 heteroatoms. The van der Waals surface area contributed by atoms with Crippen LogP contribution in [0.2, 0.25) is 5.02 Å². The molecule has 1 amide bonds. The molecule has 0 saturated heterocycles. The lowest BCUT2D eigenvalue weighted by molar-refractivity contribution is -0.133. The van der Waals surface area contributed by atoms with Crippen LogP contribution in [0.5, 0.6) is 5.75 Å². The minimum absolute atomic E-state index is 0.0529. The highest BCUT2D eigenvalue weighted by Gasteiger charge is 2.27. The molecular formula is C18H24ClN3O3S. The summed E-state index contributed by atoms with van der Waals surface area (Å²) in [6.45, 7) is 10.0. The van der Waals surface area contributed by atoms with Crippen LogP contribution in [0.1, 0.15) is 40.5 Å². The van der Waals surface area contributed by atoms with Crippen LogP contribution in [0, 0.1) is 0 Å². The van der Waals surface area contributed by atoms with Crippen molar-refractivity contribution >= 4 is 29.3 Å². The average molecular weight is 398 g/mol.